The zero-order valence-corrected chi connectivity index (χ0v) is 20.4. The van der Waals surface area contributed by atoms with Crippen LogP contribution in [0.5, 0.6) is 0 Å². The van der Waals surface area contributed by atoms with Gasteiger partial charge in [0.25, 0.3) is 0 Å². The molecule has 9 heteroatoms. The minimum atomic E-state index is -0.962. The molecule has 0 fully saturated rings. The second-order valence-corrected chi connectivity index (χ2v) is 9.30. The van der Waals surface area contributed by atoms with Crippen LogP contribution in [0, 0.1) is 0 Å². The minimum Gasteiger partial charge on any atom is -0.458 e. The number of ether oxygens (including phenoxy) is 2. The first-order chi connectivity index (χ1) is 17.2. The number of nitrogens with zero attached hydrogens (tertiary/aromatic N) is 2. The Bertz CT molecular complexity index is 1400. The number of carbonyl (C=O) groups is 2. The lowest BCUT2D eigenvalue weighted by atomic mass is 10.0. The van der Waals surface area contributed by atoms with Gasteiger partial charge in [-0.3, -0.25) is 0 Å². The molecule has 0 bridgehead atoms. The average molecular weight is 489 g/mol. The van der Waals surface area contributed by atoms with E-state index < -0.39 is 23.7 Å². The van der Waals surface area contributed by atoms with Crippen molar-refractivity contribution in [2.45, 2.75) is 45.4 Å². The number of hydrogen-bond acceptors (Lipinski definition) is 6. The summed E-state index contributed by atoms with van der Waals surface area (Å²) in [5.74, 6) is -0.569. The van der Waals surface area contributed by atoms with E-state index in [2.05, 4.69) is 15.3 Å². The number of aromatic amines is 1. The number of fused-ring (bicyclic) bond motifs is 1. The Hall–Kier alpha value is -4.40. The summed E-state index contributed by atoms with van der Waals surface area (Å²) in [6.45, 7) is 5.36. The Morgan fingerprint density at radius 3 is 2.42 bits per heavy atom. The number of carbonyl (C=O) groups excluding carboxylic acids is 2. The van der Waals surface area contributed by atoms with Gasteiger partial charge in [-0.05, 0) is 56.2 Å². The van der Waals surface area contributed by atoms with Crippen molar-refractivity contribution >= 4 is 23.2 Å². The standard InChI is InChI=1S/C27H28N4O5/c1-27(2,3)36-24(32)22(30-26(34)35-17-19-8-5-4-6-9-19)16-18-11-13-20(14-12-18)31-23-21(29-25(31)33)10-7-15-28-23/h4-15,22H,16-17H2,1-3H3,(H,29,33)(H,30,34)/t22-/m1/s1. The van der Waals surface area contributed by atoms with Crippen molar-refractivity contribution in [3.05, 3.63) is 94.5 Å². The Morgan fingerprint density at radius 1 is 1.00 bits per heavy atom. The van der Waals surface area contributed by atoms with Crippen molar-refractivity contribution in [1.82, 2.24) is 19.9 Å². The number of hydrogen-bond donors (Lipinski definition) is 2. The SMILES string of the molecule is CC(C)(C)OC(=O)[C@@H](Cc1ccc(-n2c(=O)[nH]c3cccnc32)cc1)NC(=O)OCc1ccccc1. The maximum Gasteiger partial charge on any atom is 0.408 e. The predicted octanol–water partition coefficient (Wildman–Crippen LogP) is 3.89. The number of pyridine rings is 1. The fraction of sp³-hybridized carbons (Fsp3) is 0.259. The molecule has 0 aliphatic carbocycles. The first kappa shape index (κ1) is 24.7. The van der Waals surface area contributed by atoms with E-state index in [0.29, 0.717) is 16.9 Å². The van der Waals surface area contributed by atoms with Crippen molar-refractivity contribution in [2.24, 2.45) is 0 Å². The van der Waals surface area contributed by atoms with Gasteiger partial charge >= 0.3 is 17.8 Å². The van der Waals surface area contributed by atoms with Crippen LogP contribution in [-0.4, -0.2) is 38.2 Å². The molecule has 0 aliphatic heterocycles. The van der Waals surface area contributed by atoms with Crippen molar-refractivity contribution in [2.75, 3.05) is 0 Å². The van der Waals surface area contributed by atoms with E-state index in [9.17, 15) is 14.4 Å². The molecule has 2 aromatic heterocycles. The summed E-state index contributed by atoms with van der Waals surface area (Å²) in [7, 11) is 0. The van der Waals surface area contributed by atoms with Crippen LogP contribution in [0.15, 0.2) is 77.7 Å². The molecule has 4 aromatic rings. The second-order valence-electron chi connectivity index (χ2n) is 9.30. The van der Waals surface area contributed by atoms with Crippen molar-refractivity contribution in [3.63, 3.8) is 0 Å². The van der Waals surface area contributed by atoms with Crippen molar-refractivity contribution < 1.29 is 19.1 Å². The molecule has 1 amide bonds. The maximum absolute atomic E-state index is 12.9. The fourth-order valence-corrected chi connectivity index (χ4v) is 3.67. The highest BCUT2D eigenvalue weighted by Crippen LogP contribution is 2.16. The van der Waals surface area contributed by atoms with Crippen LogP contribution < -0.4 is 11.0 Å². The summed E-state index contributed by atoms with van der Waals surface area (Å²) < 4.78 is 12.3. The number of aromatic nitrogens is 3. The molecular formula is C27H28N4O5. The maximum atomic E-state index is 12.9. The number of benzene rings is 2. The summed E-state index contributed by atoms with van der Waals surface area (Å²) in [5, 5.41) is 2.63. The summed E-state index contributed by atoms with van der Waals surface area (Å²) in [4.78, 5) is 44.9. The van der Waals surface area contributed by atoms with E-state index in [1.54, 1.807) is 63.4 Å². The van der Waals surface area contributed by atoms with Crippen LogP contribution in [-0.2, 0) is 27.3 Å². The number of imidazole rings is 1. The van der Waals surface area contributed by atoms with Crippen LogP contribution in [0.3, 0.4) is 0 Å². The number of H-pyrrole nitrogens is 1. The molecule has 0 spiro atoms. The predicted molar refractivity (Wildman–Crippen MR) is 135 cm³/mol. The molecule has 1 atom stereocenters. The Balaban J connectivity index is 1.49. The van der Waals surface area contributed by atoms with Gasteiger partial charge in [-0.2, -0.15) is 0 Å². The van der Waals surface area contributed by atoms with Gasteiger partial charge in [0.2, 0.25) is 0 Å². The van der Waals surface area contributed by atoms with Gasteiger partial charge in [-0.25, -0.2) is 23.9 Å². The van der Waals surface area contributed by atoms with Gasteiger partial charge in [0, 0.05) is 12.6 Å². The molecule has 0 saturated carbocycles. The van der Waals surface area contributed by atoms with Crippen LogP contribution in [0.25, 0.3) is 16.9 Å². The van der Waals surface area contributed by atoms with E-state index in [0.717, 1.165) is 11.1 Å². The van der Waals surface area contributed by atoms with Gasteiger partial charge in [0.05, 0.1) is 11.2 Å². The first-order valence-corrected chi connectivity index (χ1v) is 11.5. The monoisotopic (exact) mass is 488 g/mol. The largest absolute Gasteiger partial charge is 0.458 e. The molecule has 2 heterocycles. The zero-order chi connectivity index (χ0) is 25.7. The molecule has 36 heavy (non-hydrogen) atoms. The number of rotatable bonds is 7. The molecule has 2 N–H and O–H groups in total. The van der Waals surface area contributed by atoms with Gasteiger partial charge < -0.3 is 19.8 Å². The Morgan fingerprint density at radius 2 is 1.72 bits per heavy atom. The normalized spacial score (nSPS) is 12.2. The fourth-order valence-electron chi connectivity index (χ4n) is 3.67. The molecule has 0 saturated heterocycles. The van der Waals surface area contributed by atoms with Crippen LogP contribution in [0.2, 0.25) is 0 Å². The highest BCUT2D eigenvalue weighted by molar-refractivity contribution is 5.82. The summed E-state index contributed by atoms with van der Waals surface area (Å²) >= 11 is 0. The van der Waals surface area contributed by atoms with Crippen molar-refractivity contribution in [3.8, 4) is 5.69 Å². The van der Waals surface area contributed by atoms with Crippen molar-refractivity contribution in [1.29, 1.82) is 0 Å². The molecule has 0 radical (unpaired) electrons. The Kier molecular flexibility index (Phi) is 7.19. The van der Waals surface area contributed by atoms with E-state index in [4.69, 9.17) is 9.47 Å². The summed E-state index contributed by atoms with van der Waals surface area (Å²) in [6, 6.07) is 18.9. The molecule has 0 unspecified atom stereocenters. The third-order valence-corrected chi connectivity index (χ3v) is 5.27. The number of esters is 1. The minimum absolute atomic E-state index is 0.0792. The van der Waals surface area contributed by atoms with Gasteiger partial charge in [-0.15, -0.1) is 0 Å². The highest BCUT2D eigenvalue weighted by Gasteiger charge is 2.27. The third-order valence-electron chi connectivity index (χ3n) is 5.27. The van der Waals surface area contributed by atoms with Crippen LogP contribution in [0.4, 0.5) is 4.79 Å². The van der Waals surface area contributed by atoms with Gasteiger partial charge in [-0.1, -0.05) is 42.5 Å². The number of nitrogens with one attached hydrogen (secondary N) is 2. The average Bonchev–Trinajstić information content (AvgIpc) is 3.18. The molecule has 4 rings (SSSR count). The smallest absolute Gasteiger partial charge is 0.408 e. The number of alkyl carbamates (subject to hydrolysis) is 1. The second kappa shape index (κ2) is 10.5. The molecule has 186 valence electrons. The molecular weight excluding hydrogens is 460 g/mol. The number of amides is 1. The lowest BCUT2D eigenvalue weighted by molar-refractivity contribution is -0.157. The quantitative estimate of drug-likeness (QED) is 0.381. The van der Waals surface area contributed by atoms with Gasteiger partial charge in [0.1, 0.15) is 18.2 Å². The van der Waals surface area contributed by atoms with E-state index in [1.165, 1.54) is 4.57 Å². The van der Waals surface area contributed by atoms with E-state index in [-0.39, 0.29) is 18.7 Å². The van der Waals surface area contributed by atoms with Crippen LogP contribution in [0.1, 0.15) is 31.9 Å². The lowest BCUT2D eigenvalue weighted by Crippen LogP contribution is -2.45. The van der Waals surface area contributed by atoms with E-state index in [1.807, 2.05) is 30.3 Å². The topological polar surface area (TPSA) is 115 Å². The molecule has 2 aromatic carbocycles. The molecule has 0 aliphatic rings. The Labute approximate surface area is 208 Å². The zero-order valence-electron chi connectivity index (χ0n) is 20.4. The van der Waals surface area contributed by atoms with Gasteiger partial charge in [0.15, 0.2) is 5.65 Å². The molecule has 9 nitrogen and oxygen atoms in total. The summed E-state index contributed by atoms with van der Waals surface area (Å²) in [6.07, 6.45) is 1.08. The highest BCUT2D eigenvalue weighted by atomic mass is 16.6. The first-order valence-electron chi connectivity index (χ1n) is 11.5. The van der Waals surface area contributed by atoms with E-state index >= 15 is 0 Å². The summed E-state index contributed by atoms with van der Waals surface area (Å²) in [5.41, 5.74) is 2.35. The lowest BCUT2D eigenvalue weighted by Gasteiger charge is -2.24. The third kappa shape index (κ3) is 6.18. The van der Waals surface area contributed by atoms with Crippen LogP contribution >= 0.6 is 0 Å².